The van der Waals surface area contributed by atoms with E-state index in [4.69, 9.17) is 14.2 Å². The van der Waals surface area contributed by atoms with Gasteiger partial charge in [-0.25, -0.2) is 14.3 Å². The largest absolute Gasteiger partial charge is 0.508 e. The number of amides is 1. The topological polar surface area (TPSA) is 126 Å². The molecule has 0 saturated carbocycles. The van der Waals surface area contributed by atoms with Crippen LogP contribution in [-0.2, 0) is 30.3 Å². The quantitative estimate of drug-likeness (QED) is 0.113. The van der Waals surface area contributed by atoms with E-state index in [1.807, 2.05) is 0 Å². The number of allylic oxidation sites excluding steroid dienone is 1. The minimum Gasteiger partial charge on any atom is -0.457 e. The first-order chi connectivity index (χ1) is 18.5. The van der Waals surface area contributed by atoms with Crippen LogP contribution in [0.3, 0.4) is 0 Å². The predicted molar refractivity (Wildman–Crippen MR) is 141 cm³/mol. The lowest BCUT2D eigenvalue weighted by atomic mass is 9.92. The maximum absolute atomic E-state index is 13.0. The fraction of sp³-hybridized carbons (Fsp3) is 0.615. The smallest absolute Gasteiger partial charge is 0.457 e. The van der Waals surface area contributed by atoms with E-state index in [0.29, 0.717) is 12.1 Å². The van der Waals surface area contributed by atoms with Crippen molar-refractivity contribution < 1.29 is 28.6 Å². The molecule has 3 heterocycles. The first-order valence-electron chi connectivity index (χ1n) is 13.1. The minimum atomic E-state index is -0.849. The molecule has 3 atom stereocenters. The number of thioether (sulfide) groups is 1. The predicted octanol–water partition coefficient (Wildman–Crippen LogP) is 4.38. The summed E-state index contributed by atoms with van der Waals surface area (Å²) in [6.07, 6.45) is 12.6. The molecule has 0 unspecified atom stereocenters. The molecule has 0 aliphatic carbocycles. The number of esters is 1. The highest BCUT2D eigenvalue weighted by atomic mass is 32.2. The van der Waals surface area contributed by atoms with E-state index in [2.05, 4.69) is 28.7 Å². The number of hydrogen-bond donors (Lipinski definition) is 0. The van der Waals surface area contributed by atoms with Gasteiger partial charge in [0.25, 0.3) is 0 Å². The minimum absolute atomic E-state index is 0.0292. The SMILES string of the molecule is C=CCOC(=O)O[C@H](C)[C@H]1C(=O)N2C(C(=O)OCC=C)=C(CCCCCCCCCCn3cnnn3)S[C@H]12. The second-order valence-corrected chi connectivity index (χ2v) is 10.4. The van der Waals surface area contributed by atoms with Gasteiger partial charge in [-0.3, -0.25) is 9.69 Å². The molecule has 3 rings (SSSR count). The highest BCUT2D eigenvalue weighted by Crippen LogP contribution is 2.52. The molecule has 0 radical (unpaired) electrons. The van der Waals surface area contributed by atoms with Crippen molar-refractivity contribution in [3.05, 3.63) is 42.2 Å². The van der Waals surface area contributed by atoms with E-state index in [-0.39, 0.29) is 24.5 Å². The highest BCUT2D eigenvalue weighted by Gasteiger charge is 2.58. The van der Waals surface area contributed by atoms with E-state index in [0.717, 1.165) is 50.0 Å². The van der Waals surface area contributed by atoms with Gasteiger partial charge < -0.3 is 14.2 Å². The number of unbranched alkanes of at least 4 members (excludes halogenated alkanes) is 7. The molecule has 0 aromatic carbocycles. The number of aryl methyl sites for hydroxylation is 1. The highest BCUT2D eigenvalue weighted by molar-refractivity contribution is 8.04. The number of hydrogen-bond acceptors (Lipinski definition) is 10. The van der Waals surface area contributed by atoms with Crippen LogP contribution in [0.15, 0.2) is 42.2 Å². The Bertz CT molecular complexity index is 998. The normalized spacial score (nSPS) is 19.0. The van der Waals surface area contributed by atoms with Crippen molar-refractivity contribution in [1.29, 1.82) is 0 Å². The van der Waals surface area contributed by atoms with Crippen molar-refractivity contribution in [1.82, 2.24) is 25.1 Å². The third-order valence-electron chi connectivity index (χ3n) is 6.42. The molecule has 1 aromatic rings. The fourth-order valence-electron chi connectivity index (χ4n) is 4.50. The molecule has 38 heavy (non-hydrogen) atoms. The van der Waals surface area contributed by atoms with Gasteiger partial charge in [0.2, 0.25) is 5.91 Å². The van der Waals surface area contributed by atoms with Gasteiger partial charge in [0.05, 0.1) is 0 Å². The number of tetrazole rings is 1. The van der Waals surface area contributed by atoms with Gasteiger partial charge in [0.15, 0.2) is 0 Å². The van der Waals surface area contributed by atoms with Gasteiger partial charge in [0.1, 0.15) is 42.6 Å². The summed E-state index contributed by atoms with van der Waals surface area (Å²) in [4.78, 5) is 40.0. The summed E-state index contributed by atoms with van der Waals surface area (Å²) in [5.41, 5.74) is 0.312. The first kappa shape index (κ1) is 29.4. The molecule has 1 saturated heterocycles. The standard InChI is InChI=1S/C26H37N5O6S/c1-4-16-35-25(33)22-20(14-12-10-8-6-7-9-11-13-15-30-18-27-28-29-30)38-24-21(23(32)31(22)24)19(3)37-26(34)36-17-5-2/h4-5,18-19,21,24H,1-2,6-17H2,3H3/t19-,21+,24-/m1/s1. The van der Waals surface area contributed by atoms with Crippen molar-refractivity contribution in [3.8, 4) is 0 Å². The van der Waals surface area contributed by atoms with Crippen LogP contribution in [-0.4, -0.2) is 67.8 Å². The second-order valence-electron chi connectivity index (χ2n) is 9.23. The Morgan fingerprint density at radius 1 is 1.05 bits per heavy atom. The number of nitrogens with zero attached hydrogens (tertiary/aromatic N) is 5. The third kappa shape index (κ3) is 7.92. The fourth-order valence-corrected chi connectivity index (χ4v) is 6.15. The molecule has 0 N–H and O–H groups in total. The number of carbonyl (C=O) groups excluding carboxylic acids is 3. The van der Waals surface area contributed by atoms with Crippen LogP contribution in [0.4, 0.5) is 4.79 Å². The Morgan fingerprint density at radius 3 is 2.37 bits per heavy atom. The van der Waals surface area contributed by atoms with Crippen molar-refractivity contribution in [2.75, 3.05) is 13.2 Å². The van der Waals surface area contributed by atoms with Crippen LogP contribution in [0.25, 0.3) is 0 Å². The van der Waals surface area contributed by atoms with Crippen molar-refractivity contribution in [3.63, 3.8) is 0 Å². The molecule has 1 aromatic heterocycles. The van der Waals surface area contributed by atoms with Crippen LogP contribution in [0.2, 0.25) is 0 Å². The maximum atomic E-state index is 13.0. The Kier molecular flexibility index (Phi) is 11.8. The number of aromatic nitrogens is 4. The molecule has 2 aliphatic heterocycles. The van der Waals surface area contributed by atoms with Gasteiger partial charge in [-0.1, -0.05) is 63.8 Å². The van der Waals surface area contributed by atoms with E-state index in [1.165, 1.54) is 41.7 Å². The number of β-lactam (4-membered cyclic amide) rings is 1. The first-order valence-corrected chi connectivity index (χ1v) is 14.0. The molecule has 1 fully saturated rings. The summed E-state index contributed by atoms with van der Waals surface area (Å²) in [5.74, 6) is -1.34. The lowest BCUT2D eigenvalue weighted by molar-refractivity contribution is -0.158. The average Bonchev–Trinajstić information content (AvgIpc) is 3.53. The monoisotopic (exact) mass is 547 g/mol. The molecular weight excluding hydrogens is 510 g/mol. The summed E-state index contributed by atoms with van der Waals surface area (Å²) in [7, 11) is 0. The molecule has 11 nitrogen and oxygen atoms in total. The van der Waals surface area contributed by atoms with Crippen LogP contribution >= 0.6 is 11.8 Å². The van der Waals surface area contributed by atoms with Crippen molar-refractivity contribution in [2.45, 2.75) is 82.7 Å². The maximum Gasteiger partial charge on any atom is 0.508 e. The van der Waals surface area contributed by atoms with E-state index in [1.54, 1.807) is 17.9 Å². The van der Waals surface area contributed by atoms with Gasteiger partial charge in [-0.15, -0.1) is 16.9 Å². The van der Waals surface area contributed by atoms with E-state index < -0.39 is 24.1 Å². The van der Waals surface area contributed by atoms with Crippen molar-refractivity contribution >= 4 is 29.8 Å². The Labute approximate surface area is 227 Å². The zero-order valence-electron chi connectivity index (χ0n) is 22.0. The molecule has 0 spiro atoms. The number of ether oxygens (including phenoxy) is 3. The summed E-state index contributed by atoms with van der Waals surface area (Å²) >= 11 is 1.49. The van der Waals surface area contributed by atoms with Gasteiger partial charge in [0, 0.05) is 11.4 Å². The van der Waals surface area contributed by atoms with Crippen LogP contribution in [0.5, 0.6) is 0 Å². The number of carbonyl (C=O) groups is 3. The summed E-state index contributed by atoms with van der Waals surface area (Å²) in [6.45, 7) is 9.68. The molecule has 12 heteroatoms. The summed E-state index contributed by atoms with van der Waals surface area (Å²) < 4.78 is 17.2. The Morgan fingerprint density at radius 2 is 1.71 bits per heavy atom. The Balaban J connectivity index is 1.43. The molecule has 2 aliphatic rings. The van der Waals surface area contributed by atoms with Crippen molar-refractivity contribution in [2.24, 2.45) is 5.92 Å². The third-order valence-corrected chi connectivity index (χ3v) is 7.84. The molecular formula is C26H37N5O6S. The molecule has 208 valence electrons. The van der Waals surface area contributed by atoms with Crippen LogP contribution < -0.4 is 0 Å². The van der Waals surface area contributed by atoms with Gasteiger partial charge in [-0.05, 0) is 36.6 Å². The Hall–Kier alpha value is -3.15. The van der Waals surface area contributed by atoms with Crippen LogP contribution in [0.1, 0.15) is 64.7 Å². The zero-order chi connectivity index (χ0) is 27.3. The zero-order valence-corrected chi connectivity index (χ0v) is 22.8. The van der Waals surface area contributed by atoms with Gasteiger partial charge in [-0.2, -0.15) is 0 Å². The van der Waals surface area contributed by atoms with E-state index >= 15 is 0 Å². The van der Waals surface area contributed by atoms with E-state index in [9.17, 15) is 14.4 Å². The average molecular weight is 548 g/mol. The van der Waals surface area contributed by atoms with Crippen LogP contribution in [0, 0.1) is 5.92 Å². The lowest BCUT2D eigenvalue weighted by Crippen LogP contribution is -2.61. The number of fused-ring (bicyclic) bond motifs is 1. The summed E-state index contributed by atoms with van der Waals surface area (Å²) in [6, 6.07) is 0. The summed E-state index contributed by atoms with van der Waals surface area (Å²) in [5, 5.41) is 10.8. The number of rotatable bonds is 18. The van der Waals surface area contributed by atoms with Gasteiger partial charge >= 0.3 is 12.1 Å². The molecule has 1 amide bonds. The lowest BCUT2D eigenvalue weighted by Gasteiger charge is -2.44. The second kappa shape index (κ2) is 15.3. The molecule has 0 bridgehead atoms.